The number of anilines is 1. The second kappa shape index (κ2) is 9.86. The summed E-state index contributed by atoms with van der Waals surface area (Å²) in [6.45, 7) is 7.19. The summed E-state index contributed by atoms with van der Waals surface area (Å²) in [6, 6.07) is 8.46. The van der Waals surface area contributed by atoms with E-state index >= 15 is 0 Å². The van der Waals surface area contributed by atoms with Crippen molar-refractivity contribution in [2.45, 2.75) is 32.9 Å². The fraction of sp³-hybridized carbons (Fsp3) is 0.500. The summed E-state index contributed by atoms with van der Waals surface area (Å²) in [5.41, 5.74) is 2.97. The molecule has 1 amide bonds. The van der Waals surface area contributed by atoms with Gasteiger partial charge in [-0.25, -0.2) is 12.8 Å². The van der Waals surface area contributed by atoms with Crippen LogP contribution in [0.25, 0.3) is 0 Å². The van der Waals surface area contributed by atoms with E-state index in [1.807, 2.05) is 23.3 Å². The summed E-state index contributed by atoms with van der Waals surface area (Å²) in [4.78, 5) is 17.2. The summed E-state index contributed by atoms with van der Waals surface area (Å²) in [6.07, 6.45) is 0.684. The van der Waals surface area contributed by atoms with Crippen LogP contribution in [0, 0.1) is 31.0 Å². The predicted octanol–water partition coefficient (Wildman–Crippen LogP) is 1.91. The first-order valence-electron chi connectivity index (χ1n) is 11.5. The number of sulfone groups is 1. The second-order valence-corrected chi connectivity index (χ2v) is 11.4. The van der Waals surface area contributed by atoms with Crippen LogP contribution in [0.3, 0.4) is 0 Å². The number of rotatable bonds is 6. The summed E-state index contributed by atoms with van der Waals surface area (Å²) < 4.78 is 38.7. The van der Waals surface area contributed by atoms with Crippen molar-refractivity contribution in [1.29, 1.82) is 5.26 Å². The first-order chi connectivity index (χ1) is 16.2. The van der Waals surface area contributed by atoms with Crippen molar-refractivity contribution in [3.8, 4) is 6.07 Å². The number of nitriles is 1. The number of nitrogens with zero attached hydrogens (tertiary/aromatic N) is 4. The van der Waals surface area contributed by atoms with Gasteiger partial charge in [0, 0.05) is 44.5 Å². The molecule has 0 unspecified atom stereocenters. The number of nitrogens with one attached hydrogen (secondary N) is 1. The molecule has 8 nitrogen and oxygen atoms in total. The van der Waals surface area contributed by atoms with Crippen LogP contribution in [-0.4, -0.2) is 79.0 Å². The number of aromatic nitrogens is 1. The van der Waals surface area contributed by atoms with E-state index in [2.05, 4.69) is 16.3 Å². The van der Waals surface area contributed by atoms with Crippen LogP contribution in [0.15, 0.2) is 24.3 Å². The van der Waals surface area contributed by atoms with E-state index in [0.29, 0.717) is 37.4 Å². The lowest BCUT2D eigenvalue weighted by molar-refractivity contribution is -0.117. The van der Waals surface area contributed by atoms with Crippen LogP contribution in [0.5, 0.6) is 0 Å². The molecule has 2 aliphatic rings. The highest BCUT2D eigenvalue weighted by Gasteiger charge is 2.34. The molecular weight excluding hydrogens is 457 g/mol. The molecule has 0 saturated carbocycles. The number of hydrogen-bond donors (Lipinski definition) is 1. The fourth-order valence-corrected chi connectivity index (χ4v) is 6.59. The van der Waals surface area contributed by atoms with Crippen LogP contribution in [-0.2, 0) is 21.2 Å². The van der Waals surface area contributed by atoms with Gasteiger partial charge >= 0.3 is 0 Å². The summed E-state index contributed by atoms with van der Waals surface area (Å²) >= 11 is 0. The lowest BCUT2D eigenvalue weighted by atomic mass is 10.2. The zero-order valence-corrected chi connectivity index (χ0v) is 20.4. The SMILES string of the molecule is Cc1c(C#N)c(NC(=O)CN2CCN([C@H]3CCS(=O)(=O)C3)CC2)n(Cc2ccc(F)cc2)c1C. The fourth-order valence-electron chi connectivity index (χ4n) is 4.83. The molecule has 1 aromatic carbocycles. The highest BCUT2D eigenvalue weighted by Crippen LogP contribution is 2.27. The van der Waals surface area contributed by atoms with E-state index in [1.165, 1.54) is 12.1 Å². The number of halogens is 1. The maximum absolute atomic E-state index is 13.3. The molecule has 4 rings (SSSR count). The third-order valence-corrected chi connectivity index (χ3v) is 8.70. The Morgan fingerprint density at radius 1 is 1.18 bits per heavy atom. The molecule has 2 fully saturated rings. The van der Waals surface area contributed by atoms with Gasteiger partial charge in [-0.05, 0) is 43.5 Å². The number of piperazine rings is 1. The van der Waals surface area contributed by atoms with Crippen LogP contribution >= 0.6 is 0 Å². The molecule has 1 atom stereocenters. The van der Waals surface area contributed by atoms with E-state index in [-0.39, 0.29) is 35.8 Å². The molecule has 34 heavy (non-hydrogen) atoms. The molecule has 2 aromatic rings. The Morgan fingerprint density at radius 2 is 1.85 bits per heavy atom. The quantitative estimate of drug-likeness (QED) is 0.669. The molecule has 2 aliphatic heterocycles. The van der Waals surface area contributed by atoms with Gasteiger partial charge in [-0.3, -0.25) is 14.6 Å². The lowest BCUT2D eigenvalue weighted by Crippen LogP contribution is -2.52. The smallest absolute Gasteiger partial charge is 0.239 e. The van der Waals surface area contributed by atoms with Gasteiger partial charge in [0.25, 0.3) is 0 Å². The van der Waals surface area contributed by atoms with Gasteiger partial charge in [0.1, 0.15) is 17.7 Å². The predicted molar refractivity (Wildman–Crippen MR) is 128 cm³/mol. The van der Waals surface area contributed by atoms with Crippen molar-refractivity contribution in [3.05, 3.63) is 52.5 Å². The Hall–Kier alpha value is -2.74. The van der Waals surface area contributed by atoms with Crippen LogP contribution < -0.4 is 5.32 Å². The van der Waals surface area contributed by atoms with E-state index in [9.17, 15) is 22.9 Å². The van der Waals surface area contributed by atoms with Gasteiger partial charge in [0.05, 0.1) is 23.6 Å². The normalized spacial score (nSPS) is 20.8. The Balaban J connectivity index is 1.40. The molecule has 3 heterocycles. The van der Waals surface area contributed by atoms with Crippen molar-refractivity contribution < 1.29 is 17.6 Å². The highest BCUT2D eigenvalue weighted by molar-refractivity contribution is 7.91. The Kier molecular flexibility index (Phi) is 7.07. The molecule has 10 heteroatoms. The minimum atomic E-state index is -2.92. The van der Waals surface area contributed by atoms with E-state index < -0.39 is 9.84 Å². The van der Waals surface area contributed by atoms with Gasteiger partial charge in [-0.1, -0.05) is 12.1 Å². The van der Waals surface area contributed by atoms with Crippen molar-refractivity contribution in [3.63, 3.8) is 0 Å². The third-order valence-electron chi connectivity index (χ3n) is 6.95. The minimum absolute atomic E-state index is 0.0832. The lowest BCUT2D eigenvalue weighted by Gasteiger charge is -2.37. The van der Waals surface area contributed by atoms with Crippen molar-refractivity contribution in [1.82, 2.24) is 14.4 Å². The van der Waals surface area contributed by atoms with Gasteiger partial charge in [-0.2, -0.15) is 5.26 Å². The number of hydrogen-bond acceptors (Lipinski definition) is 6. The standard InChI is InChI=1S/C24H30FN5O3S/c1-17-18(2)30(14-19-3-5-20(25)6-4-19)24(22(17)13-26)27-23(31)15-28-8-10-29(11-9-28)21-7-12-34(32,33)16-21/h3-6,21H,7-12,14-16H2,1-2H3,(H,27,31)/t21-/m0/s1. The Morgan fingerprint density at radius 3 is 2.44 bits per heavy atom. The molecule has 182 valence electrons. The third kappa shape index (κ3) is 5.32. The van der Waals surface area contributed by atoms with E-state index in [0.717, 1.165) is 29.9 Å². The summed E-state index contributed by atoms with van der Waals surface area (Å²) in [5.74, 6) is 0.435. The first kappa shape index (κ1) is 24.4. The second-order valence-electron chi connectivity index (χ2n) is 9.18. The molecule has 0 spiro atoms. The topological polar surface area (TPSA) is 98.4 Å². The molecule has 1 N–H and O–H groups in total. The largest absolute Gasteiger partial charge is 0.326 e. The zero-order chi connectivity index (χ0) is 24.5. The van der Waals surface area contributed by atoms with Gasteiger partial charge in [0.2, 0.25) is 5.91 Å². The maximum atomic E-state index is 13.3. The zero-order valence-electron chi connectivity index (χ0n) is 19.6. The Labute approximate surface area is 199 Å². The number of carbonyl (C=O) groups excluding carboxylic acids is 1. The summed E-state index contributed by atoms with van der Waals surface area (Å²) in [7, 11) is -2.92. The molecule has 0 radical (unpaired) electrons. The van der Waals surface area contributed by atoms with Crippen LogP contribution in [0.2, 0.25) is 0 Å². The van der Waals surface area contributed by atoms with Gasteiger partial charge in [-0.15, -0.1) is 0 Å². The molecular formula is C24H30FN5O3S. The maximum Gasteiger partial charge on any atom is 0.239 e. The van der Waals surface area contributed by atoms with Gasteiger partial charge < -0.3 is 9.88 Å². The minimum Gasteiger partial charge on any atom is -0.326 e. The van der Waals surface area contributed by atoms with E-state index in [4.69, 9.17) is 0 Å². The van der Waals surface area contributed by atoms with Crippen LogP contribution in [0.1, 0.15) is 28.8 Å². The molecule has 0 aliphatic carbocycles. The average Bonchev–Trinajstić information content (AvgIpc) is 3.27. The Bertz CT molecular complexity index is 1210. The highest BCUT2D eigenvalue weighted by atomic mass is 32.2. The number of carbonyl (C=O) groups is 1. The number of amides is 1. The molecule has 0 bridgehead atoms. The number of benzene rings is 1. The van der Waals surface area contributed by atoms with Crippen molar-refractivity contribution in [2.75, 3.05) is 49.5 Å². The van der Waals surface area contributed by atoms with Crippen molar-refractivity contribution in [2.24, 2.45) is 0 Å². The average molecular weight is 488 g/mol. The summed E-state index contributed by atoms with van der Waals surface area (Å²) in [5, 5.41) is 12.7. The molecule has 1 aromatic heterocycles. The monoisotopic (exact) mass is 487 g/mol. The van der Waals surface area contributed by atoms with Crippen molar-refractivity contribution >= 4 is 21.6 Å². The van der Waals surface area contributed by atoms with E-state index in [1.54, 1.807) is 12.1 Å². The van der Waals surface area contributed by atoms with Crippen LogP contribution in [0.4, 0.5) is 10.2 Å². The first-order valence-corrected chi connectivity index (χ1v) is 13.3. The molecule has 2 saturated heterocycles. The van der Waals surface area contributed by atoms with Gasteiger partial charge in [0.15, 0.2) is 9.84 Å².